The third kappa shape index (κ3) is 3.65. The van der Waals surface area contributed by atoms with Gasteiger partial charge in [-0.05, 0) is 18.4 Å². The van der Waals surface area contributed by atoms with E-state index in [2.05, 4.69) is 20.8 Å². The fourth-order valence-electron chi connectivity index (χ4n) is 1.55. The topological polar surface area (TPSA) is 23.5 Å². The highest BCUT2D eigenvalue weighted by Gasteiger charge is 2.16. The van der Waals surface area contributed by atoms with Gasteiger partial charge in [0.2, 0.25) is 0 Å². The lowest BCUT2D eigenvalue weighted by Gasteiger charge is -2.27. The largest absolute Gasteiger partial charge is 0.313 e. The molecular weight excluding hydrogens is 186 g/mol. The van der Waals surface area contributed by atoms with Gasteiger partial charge in [-0.3, -0.25) is 0 Å². The van der Waals surface area contributed by atoms with Crippen LogP contribution in [0.4, 0.5) is 0 Å². The van der Waals surface area contributed by atoms with Crippen molar-refractivity contribution in [3.05, 3.63) is 35.9 Å². The summed E-state index contributed by atoms with van der Waals surface area (Å²) in [6.07, 6.45) is 1.09. The first-order valence-corrected chi connectivity index (χ1v) is 5.64. The van der Waals surface area contributed by atoms with Crippen molar-refractivity contribution in [2.24, 2.45) is 5.92 Å². The van der Waals surface area contributed by atoms with Crippen molar-refractivity contribution < 1.29 is 5.21 Å². The van der Waals surface area contributed by atoms with E-state index >= 15 is 0 Å². The van der Waals surface area contributed by atoms with Gasteiger partial charge in [-0.2, -0.15) is 5.06 Å². The Morgan fingerprint density at radius 3 is 2.33 bits per heavy atom. The van der Waals surface area contributed by atoms with Gasteiger partial charge in [-0.1, -0.05) is 50.6 Å². The summed E-state index contributed by atoms with van der Waals surface area (Å²) in [5.74, 6) is 0.513. The van der Waals surface area contributed by atoms with Gasteiger partial charge < -0.3 is 5.21 Å². The Balaban J connectivity index is 2.52. The van der Waals surface area contributed by atoms with Gasteiger partial charge in [0.1, 0.15) is 0 Å². The van der Waals surface area contributed by atoms with Crippen molar-refractivity contribution in [3.8, 4) is 0 Å². The molecule has 2 atom stereocenters. The lowest BCUT2D eigenvalue weighted by Crippen LogP contribution is -2.34. The summed E-state index contributed by atoms with van der Waals surface area (Å²) in [7, 11) is 0. The molecule has 84 valence electrons. The van der Waals surface area contributed by atoms with Crippen molar-refractivity contribution in [1.82, 2.24) is 5.06 Å². The molecule has 0 spiro atoms. The van der Waals surface area contributed by atoms with Crippen LogP contribution in [0, 0.1) is 5.92 Å². The van der Waals surface area contributed by atoms with Gasteiger partial charge in [-0.25, -0.2) is 0 Å². The fourth-order valence-corrected chi connectivity index (χ4v) is 1.55. The Morgan fingerprint density at radius 2 is 1.80 bits per heavy atom. The second-order valence-electron chi connectivity index (χ2n) is 4.21. The predicted molar refractivity (Wildman–Crippen MR) is 62.7 cm³/mol. The van der Waals surface area contributed by atoms with Crippen molar-refractivity contribution >= 4 is 0 Å². The highest BCUT2D eigenvalue weighted by Crippen LogP contribution is 2.14. The second-order valence-corrected chi connectivity index (χ2v) is 4.21. The zero-order chi connectivity index (χ0) is 11.3. The molecule has 0 heterocycles. The van der Waals surface area contributed by atoms with Crippen LogP contribution in [-0.2, 0) is 6.54 Å². The molecule has 1 aromatic carbocycles. The Morgan fingerprint density at radius 1 is 1.20 bits per heavy atom. The smallest absolute Gasteiger partial charge is 0.0491 e. The molecule has 0 radical (unpaired) electrons. The summed E-state index contributed by atoms with van der Waals surface area (Å²) in [5, 5.41) is 11.3. The van der Waals surface area contributed by atoms with E-state index in [1.165, 1.54) is 5.06 Å². The number of nitrogens with zero attached hydrogens (tertiary/aromatic N) is 1. The SMILES string of the molecule is CC[C@H](C)[C@@H](C)N(O)Cc1ccccc1. The monoisotopic (exact) mass is 207 g/mol. The lowest BCUT2D eigenvalue weighted by atomic mass is 10.0. The average molecular weight is 207 g/mol. The molecule has 0 aliphatic heterocycles. The predicted octanol–water partition coefficient (Wildman–Crippen LogP) is 3.31. The van der Waals surface area contributed by atoms with E-state index in [0.717, 1.165) is 12.0 Å². The third-order valence-corrected chi connectivity index (χ3v) is 3.12. The zero-order valence-corrected chi connectivity index (χ0v) is 9.85. The van der Waals surface area contributed by atoms with E-state index in [4.69, 9.17) is 0 Å². The first kappa shape index (κ1) is 12.2. The molecule has 0 saturated carbocycles. The molecule has 1 rings (SSSR count). The molecule has 0 aliphatic carbocycles. The highest BCUT2D eigenvalue weighted by atomic mass is 16.5. The quantitative estimate of drug-likeness (QED) is 0.749. The molecular formula is C13H21NO. The minimum absolute atomic E-state index is 0.204. The number of benzene rings is 1. The standard InChI is InChI=1S/C13H21NO/c1-4-11(2)12(3)14(15)10-13-8-6-5-7-9-13/h5-9,11-12,15H,4,10H2,1-3H3/t11-,12+/m0/s1. The van der Waals surface area contributed by atoms with Gasteiger partial charge in [0.25, 0.3) is 0 Å². The lowest BCUT2D eigenvalue weighted by molar-refractivity contribution is -0.143. The van der Waals surface area contributed by atoms with E-state index in [1.54, 1.807) is 0 Å². The van der Waals surface area contributed by atoms with Crippen LogP contribution in [0.15, 0.2) is 30.3 Å². The van der Waals surface area contributed by atoms with E-state index in [-0.39, 0.29) is 6.04 Å². The van der Waals surface area contributed by atoms with Crippen LogP contribution < -0.4 is 0 Å². The summed E-state index contributed by atoms with van der Waals surface area (Å²) < 4.78 is 0. The van der Waals surface area contributed by atoms with Gasteiger partial charge in [0, 0.05) is 12.6 Å². The van der Waals surface area contributed by atoms with Crippen molar-refractivity contribution in [2.45, 2.75) is 39.8 Å². The summed E-state index contributed by atoms with van der Waals surface area (Å²) in [5.41, 5.74) is 1.15. The molecule has 15 heavy (non-hydrogen) atoms. The van der Waals surface area contributed by atoms with Crippen LogP contribution in [0.5, 0.6) is 0 Å². The van der Waals surface area contributed by atoms with Crippen LogP contribution in [0.25, 0.3) is 0 Å². The molecule has 1 N–H and O–H groups in total. The Bertz CT molecular complexity index is 273. The van der Waals surface area contributed by atoms with E-state index in [0.29, 0.717) is 12.5 Å². The zero-order valence-electron chi connectivity index (χ0n) is 9.85. The van der Waals surface area contributed by atoms with Crippen molar-refractivity contribution in [2.75, 3.05) is 0 Å². The number of hydroxylamine groups is 2. The van der Waals surface area contributed by atoms with Crippen LogP contribution in [-0.4, -0.2) is 16.3 Å². The molecule has 2 nitrogen and oxygen atoms in total. The first-order chi connectivity index (χ1) is 7.15. The molecule has 0 saturated heterocycles. The Labute approximate surface area is 92.5 Å². The van der Waals surface area contributed by atoms with Crippen LogP contribution in [0.1, 0.15) is 32.8 Å². The van der Waals surface area contributed by atoms with Crippen LogP contribution >= 0.6 is 0 Å². The maximum absolute atomic E-state index is 9.91. The molecule has 0 aromatic heterocycles. The van der Waals surface area contributed by atoms with Crippen molar-refractivity contribution in [3.63, 3.8) is 0 Å². The van der Waals surface area contributed by atoms with Crippen molar-refractivity contribution in [1.29, 1.82) is 0 Å². The normalized spacial score (nSPS) is 15.3. The first-order valence-electron chi connectivity index (χ1n) is 5.64. The maximum atomic E-state index is 9.91. The Hall–Kier alpha value is -0.860. The minimum atomic E-state index is 0.204. The van der Waals surface area contributed by atoms with E-state index < -0.39 is 0 Å². The van der Waals surface area contributed by atoms with E-state index in [1.807, 2.05) is 30.3 Å². The summed E-state index contributed by atoms with van der Waals surface area (Å²) in [6, 6.07) is 10.3. The summed E-state index contributed by atoms with van der Waals surface area (Å²) in [6.45, 7) is 6.99. The number of hydrogen-bond acceptors (Lipinski definition) is 2. The second kappa shape index (κ2) is 5.89. The minimum Gasteiger partial charge on any atom is -0.313 e. The maximum Gasteiger partial charge on any atom is 0.0491 e. The van der Waals surface area contributed by atoms with Gasteiger partial charge in [0.05, 0.1) is 0 Å². The number of hydrogen-bond donors (Lipinski definition) is 1. The molecule has 0 amide bonds. The molecule has 1 aromatic rings. The average Bonchev–Trinajstić information content (AvgIpc) is 2.28. The highest BCUT2D eigenvalue weighted by molar-refractivity contribution is 5.14. The molecule has 0 aliphatic rings. The molecule has 0 bridgehead atoms. The summed E-state index contributed by atoms with van der Waals surface area (Å²) in [4.78, 5) is 0. The Kier molecular flexibility index (Phi) is 4.79. The third-order valence-electron chi connectivity index (χ3n) is 3.12. The fraction of sp³-hybridized carbons (Fsp3) is 0.538. The summed E-state index contributed by atoms with van der Waals surface area (Å²) >= 11 is 0. The van der Waals surface area contributed by atoms with E-state index in [9.17, 15) is 5.21 Å². The molecule has 0 unspecified atom stereocenters. The van der Waals surface area contributed by atoms with Gasteiger partial charge in [-0.15, -0.1) is 0 Å². The molecule has 0 fully saturated rings. The molecule has 2 heteroatoms. The van der Waals surface area contributed by atoms with Crippen LogP contribution in [0.2, 0.25) is 0 Å². The van der Waals surface area contributed by atoms with Gasteiger partial charge in [0.15, 0.2) is 0 Å². The van der Waals surface area contributed by atoms with Gasteiger partial charge >= 0.3 is 0 Å². The van der Waals surface area contributed by atoms with Crippen LogP contribution in [0.3, 0.4) is 0 Å². The number of rotatable bonds is 5.